The Kier molecular flexibility index (Phi) is 9.61. The van der Waals surface area contributed by atoms with E-state index in [1.54, 1.807) is 28.1 Å². The highest BCUT2D eigenvalue weighted by molar-refractivity contribution is 7.98. The molecule has 0 bridgehead atoms. The second-order valence-corrected chi connectivity index (χ2v) is 8.93. The van der Waals surface area contributed by atoms with Crippen molar-refractivity contribution in [3.05, 3.63) is 58.3 Å². The molecule has 2 fully saturated rings. The van der Waals surface area contributed by atoms with Crippen LogP contribution in [-0.4, -0.2) is 59.6 Å². The van der Waals surface area contributed by atoms with Gasteiger partial charge in [0.25, 0.3) is 5.91 Å². The van der Waals surface area contributed by atoms with E-state index < -0.39 is 12.1 Å². The maximum absolute atomic E-state index is 13.3. The van der Waals surface area contributed by atoms with E-state index in [-0.39, 0.29) is 51.2 Å². The van der Waals surface area contributed by atoms with Gasteiger partial charge >= 0.3 is 0 Å². The zero-order valence-corrected chi connectivity index (χ0v) is 18.9. The summed E-state index contributed by atoms with van der Waals surface area (Å²) in [5, 5.41) is 6.47. The summed E-state index contributed by atoms with van der Waals surface area (Å²) in [5.74, 6) is 0.649. The van der Waals surface area contributed by atoms with E-state index in [1.165, 1.54) is 11.3 Å². The Hall–Kier alpha value is -1.81. The van der Waals surface area contributed by atoms with Gasteiger partial charge in [-0.05, 0) is 23.4 Å². The van der Waals surface area contributed by atoms with E-state index in [9.17, 15) is 14.4 Å². The first-order valence-corrected chi connectivity index (χ1v) is 11.6. The molecule has 1 aromatic heterocycles. The number of nitrogens with one attached hydrogen (secondary N) is 1. The van der Waals surface area contributed by atoms with E-state index in [0.29, 0.717) is 24.3 Å². The van der Waals surface area contributed by atoms with Crippen molar-refractivity contribution >= 4 is 54.2 Å². The van der Waals surface area contributed by atoms with Crippen molar-refractivity contribution in [2.24, 2.45) is 0 Å². The molecule has 2 aromatic rings. The van der Waals surface area contributed by atoms with Gasteiger partial charge in [0.15, 0.2) is 5.78 Å². The highest BCUT2D eigenvalue weighted by atomic mass is 32.2. The van der Waals surface area contributed by atoms with E-state index in [4.69, 9.17) is 4.74 Å². The Morgan fingerprint density at radius 1 is 1.26 bits per heavy atom. The van der Waals surface area contributed by atoms with Crippen molar-refractivity contribution in [2.75, 3.05) is 18.9 Å². The molecule has 3 atom stereocenters. The number of benzene rings is 1. The van der Waals surface area contributed by atoms with Crippen LogP contribution in [0.1, 0.15) is 29.8 Å². The average Bonchev–Trinajstić information content (AvgIpc) is 3.47. The summed E-state index contributed by atoms with van der Waals surface area (Å²) in [4.78, 5) is 39.6. The van der Waals surface area contributed by atoms with Gasteiger partial charge in [0.2, 0.25) is 5.91 Å². The smallest absolute Gasteiger partial charge is 0.252 e. The fourth-order valence-electron chi connectivity index (χ4n) is 3.72. The summed E-state index contributed by atoms with van der Waals surface area (Å²) in [5.41, 5.74) is 1.70. The Bertz CT molecular complexity index is 876. The van der Waals surface area contributed by atoms with Crippen LogP contribution in [0.15, 0.2) is 47.2 Å². The monoisotopic (exact) mass is 480 g/mol. The highest BCUT2D eigenvalue weighted by Crippen LogP contribution is 2.28. The Morgan fingerprint density at radius 2 is 2.03 bits per heavy atom. The molecule has 2 aliphatic rings. The van der Waals surface area contributed by atoms with Crippen LogP contribution in [0.4, 0.5) is 0 Å². The lowest BCUT2D eigenvalue weighted by molar-refractivity contribution is -0.137. The van der Waals surface area contributed by atoms with Crippen LogP contribution >= 0.6 is 36.6 Å². The lowest BCUT2D eigenvalue weighted by Crippen LogP contribution is -2.53. The van der Waals surface area contributed by atoms with Gasteiger partial charge in [-0.15, -0.1) is 0 Å². The zero-order valence-electron chi connectivity index (χ0n) is 16.3. The van der Waals surface area contributed by atoms with E-state index >= 15 is 0 Å². The van der Waals surface area contributed by atoms with Crippen molar-refractivity contribution in [1.29, 1.82) is 0 Å². The molecular weight excluding hydrogens is 452 g/mol. The SMILES string of the molecule is C.O=C(N[C@@H](CSCc1ccccc1)C(=O)N1CC[C@H]2OCC(=O)[C@H]21)c1ccsc1.S. The number of hydrogen-bond donors (Lipinski definition) is 1. The molecule has 0 unspecified atom stereocenters. The minimum Gasteiger partial charge on any atom is -0.368 e. The minimum absolute atomic E-state index is 0. The van der Waals surface area contributed by atoms with Gasteiger partial charge in [-0.1, -0.05) is 37.8 Å². The van der Waals surface area contributed by atoms with Crippen LogP contribution in [0.5, 0.6) is 0 Å². The quantitative estimate of drug-likeness (QED) is 0.659. The molecule has 0 spiro atoms. The van der Waals surface area contributed by atoms with E-state index in [0.717, 1.165) is 11.3 Å². The van der Waals surface area contributed by atoms with Gasteiger partial charge in [0, 0.05) is 23.4 Å². The number of thiophene rings is 1. The molecule has 4 rings (SSSR count). The molecule has 2 aliphatic heterocycles. The molecule has 31 heavy (non-hydrogen) atoms. The fourth-order valence-corrected chi connectivity index (χ4v) is 5.36. The molecule has 0 aliphatic carbocycles. The number of Topliss-reactive ketones (excluding diaryl/α,β-unsaturated/α-hetero) is 1. The summed E-state index contributed by atoms with van der Waals surface area (Å²) >= 11 is 3.03. The number of thioether (sulfide) groups is 1. The van der Waals surface area contributed by atoms with Gasteiger partial charge in [-0.3, -0.25) is 14.4 Å². The van der Waals surface area contributed by atoms with Crippen LogP contribution in [-0.2, 0) is 20.1 Å². The van der Waals surface area contributed by atoms with Crippen LogP contribution in [0.25, 0.3) is 0 Å². The Morgan fingerprint density at radius 3 is 2.74 bits per heavy atom. The molecule has 1 N–H and O–H groups in total. The summed E-state index contributed by atoms with van der Waals surface area (Å²) < 4.78 is 5.49. The molecule has 0 saturated carbocycles. The molecule has 2 saturated heterocycles. The van der Waals surface area contributed by atoms with Gasteiger partial charge in [-0.25, -0.2) is 0 Å². The zero-order chi connectivity index (χ0) is 20.2. The maximum atomic E-state index is 13.3. The third kappa shape index (κ3) is 5.91. The lowest BCUT2D eigenvalue weighted by Gasteiger charge is -2.27. The second kappa shape index (κ2) is 11.7. The molecule has 6 nitrogen and oxygen atoms in total. The number of ether oxygens (including phenoxy) is 1. The minimum atomic E-state index is -0.691. The number of ketones is 1. The number of likely N-dealkylation sites (tertiary alicyclic amines) is 1. The number of carbonyl (C=O) groups excluding carboxylic acids is 3. The lowest BCUT2D eigenvalue weighted by atomic mass is 10.1. The first kappa shape index (κ1) is 25.5. The van der Waals surface area contributed by atoms with Gasteiger partial charge in [0.05, 0.1) is 11.7 Å². The van der Waals surface area contributed by atoms with Crippen molar-refractivity contribution in [2.45, 2.75) is 37.8 Å². The third-order valence-electron chi connectivity index (χ3n) is 5.18. The number of nitrogens with zero attached hydrogens (tertiary/aromatic N) is 1. The molecule has 2 amide bonds. The normalized spacial score (nSPS) is 20.4. The van der Waals surface area contributed by atoms with Crippen molar-refractivity contribution in [3.63, 3.8) is 0 Å². The average molecular weight is 481 g/mol. The summed E-state index contributed by atoms with van der Waals surface area (Å²) in [6.45, 7) is 0.544. The van der Waals surface area contributed by atoms with Crippen molar-refractivity contribution in [1.82, 2.24) is 10.2 Å². The standard InChI is InChI=1S/C21H22N2O4S2.CH4.H2S/c24-17-10-27-18-6-8-23(19(17)18)21(26)16(22-20(25)15-7-9-28-12-15)13-29-11-14-4-2-1-3-5-14;;/h1-5,7,9,12,16,18-19H,6,8,10-11,13H2,(H,22,25);1H4;1H2/t16-,18+,19+;;/m0../s1. The molecule has 0 radical (unpaired) electrons. The summed E-state index contributed by atoms with van der Waals surface area (Å²) in [6.07, 6.45) is 0.446. The highest BCUT2D eigenvalue weighted by Gasteiger charge is 2.48. The van der Waals surface area contributed by atoms with Gasteiger partial charge in [0.1, 0.15) is 18.7 Å². The maximum Gasteiger partial charge on any atom is 0.252 e. The topological polar surface area (TPSA) is 75.7 Å². The number of amides is 2. The van der Waals surface area contributed by atoms with Crippen LogP contribution in [0.2, 0.25) is 0 Å². The van der Waals surface area contributed by atoms with E-state index in [1.807, 2.05) is 35.7 Å². The summed E-state index contributed by atoms with van der Waals surface area (Å²) in [6, 6.07) is 10.5. The number of carbonyl (C=O) groups is 3. The molecule has 9 heteroatoms. The molecule has 168 valence electrons. The molecule has 1 aromatic carbocycles. The largest absolute Gasteiger partial charge is 0.368 e. The van der Waals surface area contributed by atoms with Crippen LogP contribution in [0.3, 0.4) is 0 Å². The van der Waals surface area contributed by atoms with Gasteiger partial charge < -0.3 is 15.0 Å². The van der Waals surface area contributed by atoms with Gasteiger partial charge in [-0.2, -0.15) is 36.6 Å². The fraction of sp³-hybridized carbons (Fsp3) is 0.409. The first-order chi connectivity index (χ1) is 14.1. The third-order valence-corrected chi connectivity index (χ3v) is 6.97. The Balaban J connectivity index is 0.00000171. The predicted molar refractivity (Wildman–Crippen MR) is 130 cm³/mol. The number of rotatable bonds is 7. The van der Waals surface area contributed by atoms with E-state index in [2.05, 4.69) is 5.32 Å². The first-order valence-electron chi connectivity index (χ1n) is 9.53. The number of hydrogen-bond acceptors (Lipinski definition) is 6. The number of fused-ring (bicyclic) bond motifs is 1. The predicted octanol–water partition coefficient (Wildman–Crippen LogP) is 3.10. The van der Waals surface area contributed by atoms with Crippen LogP contribution in [0, 0.1) is 0 Å². The van der Waals surface area contributed by atoms with Crippen LogP contribution < -0.4 is 5.32 Å². The Labute approximate surface area is 198 Å². The molecular formula is C22H28N2O4S3. The molecule has 3 heterocycles. The van der Waals surface area contributed by atoms with Crippen molar-refractivity contribution in [3.8, 4) is 0 Å². The second-order valence-electron chi connectivity index (χ2n) is 7.12. The van der Waals surface area contributed by atoms with Crippen molar-refractivity contribution < 1.29 is 19.1 Å². The summed E-state index contributed by atoms with van der Waals surface area (Å²) in [7, 11) is 0.